The Morgan fingerprint density at radius 1 is 1.09 bits per heavy atom. The van der Waals surface area contributed by atoms with Crippen molar-refractivity contribution in [3.63, 3.8) is 0 Å². The second kappa shape index (κ2) is 15.0. The molecule has 7 rings (SSSR count). The third kappa shape index (κ3) is 7.82. The molecule has 0 bridgehead atoms. The number of hydrogen-bond acceptors (Lipinski definition) is 12. The van der Waals surface area contributed by atoms with Crippen LogP contribution in [0.2, 0.25) is 5.02 Å². The molecule has 1 saturated heterocycles. The maximum absolute atomic E-state index is 14.6. The number of hydrogen-bond donors (Lipinski definition) is 4. The van der Waals surface area contributed by atoms with Crippen LogP contribution in [-0.2, 0) is 19.1 Å². The number of fused-ring (bicyclic) bond motifs is 2. The molecule has 2 unspecified atom stereocenters. The largest absolute Gasteiger partial charge is 0.495 e. The number of aromatic nitrogens is 3. The van der Waals surface area contributed by atoms with Crippen LogP contribution in [0.3, 0.4) is 0 Å². The Kier molecular flexibility index (Phi) is 10.6. The van der Waals surface area contributed by atoms with Gasteiger partial charge in [-0.15, -0.1) is 16.8 Å². The summed E-state index contributed by atoms with van der Waals surface area (Å²) >= 11 is 8.10. The highest BCUT2D eigenvalue weighted by molar-refractivity contribution is 7.18. The van der Waals surface area contributed by atoms with Gasteiger partial charge in [-0.3, -0.25) is 9.59 Å². The lowest BCUT2D eigenvalue weighted by Gasteiger charge is -2.35. The summed E-state index contributed by atoms with van der Waals surface area (Å²) in [6.07, 6.45) is 2.84. The number of likely N-dealkylation sites (tertiary alicyclic amines) is 1. The van der Waals surface area contributed by atoms with E-state index in [0.717, 1.165) is 12.8 Å². The molecular weight excluding hydrogens is 762 g/mol. The number of carbonyl (C=O) groups is 4. The van der Waals surface area contributed by atoms with E-state index in [4.69, 9.17) is 30.8 Å². The number of carbonyl (C=O) groups excluding carboxylic acids is 3. The molecule has 4 N–H and O–H groups in total. The molecule has 4 aliphatic rings. The number of halogens is 1. The summed E-state index contributed by atoms with van der Waals surface area (Å²) < 4.78 is 17.9. The van der Waals surface area contributed by atoms with Crippen molar-refractivity contribution < 1.29 is 38.5 Å². The molecule has 56 heavy (non-hydrogen) atoms. The number of ether oxygens (including phenoxy) is 3. The second-order valence-electron chi connectivity index (χ2n) is 16.7. The summed E-state index contributed by atoms with van der Waals surface area (Å²) in [5.41, 5.74) is -1.51. The molecule has 17 heteroatoms. The van der Waals surface area contributed by atoms with Crippen LogP contribution in [0.4, 0.5) is 9.93 Å². The second-order valence-corrected chi connectivity index (χ2v) is 18.0. The van der Waals surface area contributed by atoms with Gasteiger partial charge in [-0.05, 0) is 68.9 Å². The third-order valence-corrected chi connectivity index (χ3v) is 12.4. The summed E-state index contributed by atoms with van der Waals surface area (Å²) in [5, 5.41) is 29.4. The zero-order valence-electron chi connectivity index (χ0n) is 32.3. The number of anilines is 1. The van der Waals surface area contributed by atoms with Crippen molar-refractivity contribution in [2.75, 3.05) is 19.0 Å². The lowest BCUT2D eigenvalue weighted by Crippen LogP contribution is -2.59. The van der Waals surface area contributed by atoms with Crippen LogP contribution in [0.15, 0.2) is 30.9 Å². The molecule has 2 aromatic heterocycles. The maximum atomic E-state index is 14.6. The van der Waals surface area contributed by atoms with Gasteiger partial charge >= 0.3 is 12.1 Å². The lowest BCUT2D eigenvalue weighted by molar-refractivity contribution is -0.146. The minimum atomic E-state index is -1.53. The number of benzene rings is 1. The molecule has 3 saturated carbocycles. The highest BCUT2D eigenvalue weighted by atomic mass is 35.5. The monoisotopic (exact) mass is 809 g/mol. The summed E-state index contributed by atoms with van der Waals surface area (Å²) in [6.45, 7) is 13.1. The van der Waals surface area contributed by atoms with Gasteiger partial charge in [0.1, 0.15) is 52.0 Å². The van der Waals surface area contributed by atoms with E-state index in [1.54, 1.807) is 18.2 Å². The first-order valence-corrected chi connectivity index (χ1v) is 20.1. The SMILES string of the molecule is C=C[C@@H]1C[C@]1(NC(=O)[C@@H]1C[C@@H](Oc2cc(-c3nnc(NC(C)C)s3)nc3c(Cl)c(OC)ccc23)CN1C(=O)C(NC(=O)OC1C[C@@H]2C[C@@H]2C1)C(C)(C)C)C(=O)O. The number of amides is 3. The minimum Gasteiger partial charge on any atom is -0.495 e. The van der Waals surface area contributed by atoms with Gasteiger partial charge in [0.15, 0.2) is 5.01 Å². The van der Waals surface area contributed by atoms with Crippen LogP contribution in [-0.4, -0.2) is 98.6 Å². The van der Waals surface area contributed by atoms with E-state index in [1.807, 2.05) is 34.6 Å². The smallest absolute Gasteiger partial charge is 0.408 e. The average Bonchev–Trinajstić information content (AvgIpc) is 3.80. The molecule has 3 amide bonds. The summed E-state index contributed by atoms with van der Waals surface area (Å²) in [6, 6.07) is 3.08. The van der Waals surface area contributed by atoms with Crippen molar-refractivity contribution in [2.45, 2.75) is 103 Å². The summed E-state index contributed by atoms with van der Waals surface area (Å²) in [7, 11) is 1.50. The van der Waals surface area contributed by atoms with Gasteiger partial charge in [0.2, 0.25) is 16.9 Å². The standard InChI is InChI=1S/C39H48ClN7O8S/c1-8-21-16-39(21,35(50)51)44-32(48)26-14-23(17-47(26)34(49)31(38(4,5)6)43-37(52)55-22-12-19-11-20(19)13-22)54-28-15-25(33-45-46-36(56-33)41-18(2)3)42-30-24(28)9-10-27(53-7)29(30)40/h8-10,15,18-23,26,31H,1,11-14,16-17H2,2-7H3,(H,41,46)(H,43,52)(H,44,48)(H,50,51)/t19-,20+,21-,22?,23-,26+,31?,39-/m1/s1. The topological polar surface area (TPSA) is 194 Å². The van der Waals surface area contributed by atoms with E-state index in [1.165, 1.54) is 35.8 Å². The fraction of sp³-hybridized carbons (Fsp3) is 0.564. The Hall–Kier alpha value is -4.70. The minimum absolute atomic E-state index is 0.0164. The highest BCUT2D eigenvalue weighted by Gasteiger charge is 2.61. The van der Waals surface area contributed by atoms with Crippen LogP contribution in [0.1, 0.15) is 66.7 Å². The number of alkyl carbamates (subject to hydrolysis) is 1. The Balaban J connectivity index is 1.20. The number of nitrogens with one attached hydrogen (secondary N) is 3. The van der Waals surface area contributed by atoms with E-state index < -0.39 is 58.9 Å². The number of carboxylic acids is 1. The van der Waals surface area contributed by atoms with Crippen LogP contribution in [0.5, 0.6) is 11.5 Å². The normalized spacial score (nSPS) is 27.0. The van der Waals surface area contributed by atoms with Crippen molar-refractivity contribution >= 4 is 62.8 Å². The van der Waals surface area contributed by atoms with Crippen molar-refractivity contribution in [1.29, 1.82) is 0 Å². The van der Waals surface area contributed by atoms with Gasteiger partial charge < -0.3 is 40.2 Å². The van der Waals surface area contributed by atoms with Crippen LogP contribution in [0, 0.1) is 23.2 Å². The molecule has 0 spiro atoms. The highest BCUT2D eigenvalue weighted by Crippen LogP contribution is 2.52. The molecular formula is C39H48ClN7O8S. The van der Waals surface area contributed by atoms with E-state index in [9.17, 15) is 24.3 Å². The Morgan fingerprint density at radius 2 is 1.82 bits per heavy atom. The predicted molar refractivity (Wildman–Crippen MR) is 210 cm³/mol. The predicted octanol–water partition coefficient (Wildman–Crippen LogP) is 5.67. The molecule has 15 nitrogen and oxygen atoms in total. The van der Waals surface area contributed by atoms with Crippen LogP contribution < -0.4 is 25.4 Å². The third-order valence-electron chi connectivity index (χ3n) is 11.1. The van der Waals surface area contributed by atoms with Gasteiger partial charge in [-0.1, -0.05) is 49.8 Å². The van der Waals surface area contributed by atoms with Crippen LogP contribution >= 0.6 is 22.9 Å². The first kappa shape index (κ1) is 39.5. The average molecular weight is 810 g/mol. The van der Waals surface area contributed by atoms with Crippen LogP contribution in [0.25, 0.3) is 21.6 Å². The fourth-order valence-corrected chi connectivity index (χ4v) is 9.09. The first-order chi connectivity index (χ1) is 26.5. The Morgan fingerprint density at radius 3 is 2.45 bits per heavy atom. The number of nitrogens with zero attached hydrogens (tertiary/aromatic N) is 4. The van der Waals surface area contributed by atoms with Gasteiger partial charge in [-0.2, -0.15) is 0 Å². The molecule has 8 atom stereocenters. The maximum Gasteiger partial charge on any atom is 0.408 e. The van der Waals surface area contributed by atoms with Crippen molar-refractivity contribution in [2.24, 2.45) is 23.2 Å². The lowest BCUT2D eigenvalue weighted by atomic mass is 9.85. The summed E-state index contributed by atoms with van der Waals surface area (Å²) in [5.74, 6) is -0.877. The molecule has 4 fully saturated rings. The quantitative estimate of drug-likeness (QED) is 0.155. The molecule has 1 aromatic carbocycles. The van der Waals surface area contributed by atoms with E-state index in [2.05, 4.69) is 32.7 Å². The zero-order chi connectivity index (χ0) is 40.3. The molecule has 3 heterocycles. The van der Waals surface area contributed by atoms with E-state index in [0.29, 0.717) is 50.1 Å². The van der Waals surface area contributed by atoms with E-state index in [-0.39, 0.29) is 36.6 Å². The van der Waals surface area contributed by atoms with Crippen molar-refractivity contribution in [3.8, 4) is 22.2 Å². The van der Waals surface area contributed by atoms with E-state index >= 15 is 0 Å². The first-order valence-electron chi connectivity index (χ1n) is 18.9. The molecule has 300 valence electrons. The fourth-order valence-electron chi connectivity index (χ4n) is 7.95. The summed E-state index contributed by atoms with van der Waals surface area (Å²) in [4.78, 5) is 60.6. The van der Waals surface area contributed by atoms with Crippen molar-refractivity contribution in [1.82, 2.24) is 30.7 Å². The number of pyridine rings is 1. The molecule has 0 radical (unpaired) electrons. The van der Waals surface area contributed by atoms with Gasteiger partial charge in [0.05, 0.1) is 19.2 Å². The Bertz CT molecular complexity index is 2060. The van der Waals surface area contributed by atoms with Gasteiger partial charge in [0, 0.05) is 29.8 Å². The number of carboxylic acid groups (broad SMARTS) is 1. The number of rotatable bonds is 13. The van der Waals surface area contributed by atoms with Gasteiger partial charge in [0.25, 0.3) is 0 Å². The number of aliphatic carboxylic acids is 1. The molecule has 3 aromatic rings. The molecule has 3 aliphatic carbocycles. The Labute approximate surface area is 333 Å². The van der Waals surface area contributed by atoms with Gasteiger partial charge in [-0.25, -0.2) is 14.6 Å². The zero-order valence-corrected chi connectivity index (χ0v) is 33.8. The van der Waals surface area contributed by atoms with Crippen molar-refractivity contribution in [3.05, 3.63) is 35.9 Å². The number of methoxy groups -OCH3 is 1. The molecule has 1 aliphatic heterocycles.